The highest BCUT2D eigenvalue weighted by Crippen LogP contribution is 2.19. The van der Waals surface area contributed by atoms with E-state index in [1.807, 2.05) is 0 Å². The molecule has 0 radical (unpaired) electrons. The largest absolute Gasteiger partial charge is 0.462 e. The minimum Gasteiger partial charge on any atom is -0.462 e. The number of aliphatic hydroxyl groups is 2. The molecule has 0 saturated carbocycles. The predicted molar refractivity (Wildman–Crippen MR) is 255 cm³/mol. The third-order valence-electron chi connectivity index (χ3n) is 12.7. The van der Waals surface area contributed by atoms with Crippen molar-refractivity contribution in [2.45, 2.75) is 322 Å². The molecule has 0 aliphatic carbocycles. The fraction of sp³-hybridized carbons (Fsp3) is 0.962. The smallest absolute Gasteiger partial charge is 0.306 e. The Kier molecular flexibility index (Phi) is 47.0. The summed E-state index contributed by atoms with van der Waals surface area (Å²) >= 11 is 0. The fourth-order valence-electron chi connectivity index (χ4n) is 8.61. The van der Waals surface area contributed by atoms with Crippen molar-refractivity contribution in [3.8, 4) is 0 Å². The van der Waals surface area contributed by atoms with Crippen molar-refractivity contribution in [3.05, 3.63) is 0 Å². The number of carbonyl (C=O) groups is 2. The molecule has 0 heterocycles. The van der Waals surface area contributed by atoms with E-state index in [9.17, 15) is 19.8 Å². The number of nitrogens with one attached hydrogen (secondary N) is 1. The first-order chi connectivity index (χ1) is 29.0. The van der Waals surface area contributed by atoms with E-state index < -0.39 is 18.2 Å². The van der Waals surface area contributed by atoms with Gasteiger partial charge in [-0.1, -0.05) is 265 Å². The minimum absolute atomic E-state index is 0.0877. The van der Waals surface area contributed by atoms with Crippen LogP contribution in [0.1, 0.15) is 303 Å². The number of amides is 1. The van der Waals surface area contributed by atoms with E-state index in [0.29, 0.717) is 19.3 Å². The van der Waals surface area contributed by atoms with Gasteiger partial charge < -0.3 is 20.3 Å². The van der Waals surface area contributed by atoms with Gasteiger partial charge in [0.25, 0.3) is 0 Å². The van der Waals surface area contributed by atoms with Gasteiger partial charge in [0, 0.05) is 6.42 Å². The van der Waals surface area contributed by atoms with Crippen molar-refractivity contribution in [3.63, 3.8) is 0 Å². The molecule has 3 N–H and O–H groups in total. The third kappa shape index (κ3) is 43.3. The molecule has 0 aliphatic rings. The normalized spacial score (nSPS) is 13.1. The maximum absolute atomic E-state index is 13.2. The summed E-state index contributed by atoms with van der Waals surface area (Å²) in [6, 6.07) is -0.692. The lowest BCUT2D eigenvalue weighted by Gasteiger charge is -2.24. The van der Waals surface area contributed by atoms with Crippen LogP contribution >= 0.6 is 0 Å². The summed E-state index contributed by atoms with van der Waals surface area (Å²) in [5.41, 5.74) is 0. The van der Waals surface area contributed by atoms with E-state index in [0.717, 1.165) is 44.9 Å². The Morgan fingerprint density at radius 3 is 1.03 bits per heavy atom. The van der Waals surface area contributed by atoms with Crippen LogP contribution in [0.2, 0.25) is 0 Å². The first-order valence-electron chi connectivity index (χ1n) is 26.8. The van der Waals surface area contributed by atoms with Crippen molar-refractivity contribution in [1.29, 1.82) is 0 Å². The molecular weight excluding hydrogens is 731 g/mol. The van der Waals surface area contributed by atoms with Crippen LogP contribution in [0.3, 0.4) is 0 Å². The molecule has 0 aromatic heterocycles. The first kappa shape index (κ1) is 57.9. The lowest BCUT2D eigenvalue weighted by molar-refractivity contribution is -0.151. The Hall–Kier alpha value is -1.14. The quantitative estimate of drug-likeness (QED) is 0.0419. The highest BCUT2D eigenvalue weighted by Gasteiger charge is 2.24. The lowest BCUT2D eigenvalue weighted by atomic mass is 10.0. The van der Waals surface area contributed by atoms with Gasteiger partial charge in [-0.25, -0.2) is 0 Å². The van der Waals surface area contributed by atoms with Crippen molar-refractivity contribution < 1.29 is 24.5 Å². The van der Waals surface area contributed by atoms with Gasteiger partial charge in [-0.05, 0) is 25.7 Å². The average Bonchev–Trinajstić information content (AvgIpc) is 3.23. The van der Waals surface area contributed by atoms with Gasteiger partial charge in [0.1, 0.15) is 6.10 Å². The Bertz CT molecular complexity index is 852. The molecule has 6 nitrogen and oxygen atoms in total. The summed E-state index contributed by atoms with van der Waals surface area (Å²) in [7, 11) is 0. The summed E-state index contributed by atoms with van der Waals surface area (Å²) in [4.78, 5) is 26.1. The number of rotatable bonds is 49. The first-order valence-corrected chi connectivity index (χ1v) is 26.8. The molecule has 3 unspecified atom stereocenters. The van der Waals surface area contributed by atoms with Crippen LogP contribution in [-0.2, 0) is 14.3 Å². The van der Waals surface area contributed by atoms with Crippen molar-refractivity contribution in [2.24, 2.45) is 0 Å². The van der Waals surface area contributed by atoms with Crippen LogP contribution in [-0.4, -0.2) is 46.9 Å². The van der Waals surface area contributed by atoms with E-state index in [4.69, 9.17) is 4.74 Å². The SMILES string of the molecule is CCCCCCCCCCCCCCCCCCCC(CC(=O)NC(CO)C(O)CCCCCCCCCCCCCCCC)OC(=O)CCCCCCCCCCC. The van der Waals surface area contributed by atoms with Crippen molar-refractivity contribution in [1.82, 2.24) is 5.32 Å². The van der Waals surface area contributed by atoms with Gasteiger partial charge >= 0.3 is 5.97 Å². The molecule has 1 amide bonds. The molecule has 6 heteroatoms. The number of esters is 1. The number of ether oxygens (including phenoxy) is 1. The molecule has 0 spiro atoms. The van der Waals surface area contributed by atoms with E-state index in [1.165, 1.54) is 212 Å². The summed E-state index contributed by atoms with van der Waals surface area (Å²) in [5.74, 6) is -0.453. The van der Waals surface area contributed by atoms with E-state index in [1.54, 1.807) is 0 Å². The second-order valence-corrected chi connectivity index (χ2v) is 18.6. The van der Waals surface area contributed by atoms with Gasteiger partial charge in [0.2, 0.25) is 5.91 Å². The monoisotopic (exact) mass is 836 g/mol. The molecule has 0 aliphatic heterocycles. The van der Waals surface area contributed by atoms with Gasteiger partial charge in [-0.15, -0.1) is 0 Å². The van der Waals surface area contributed by atoms with Gasteiger partial charge in [0.15, 0.2) is 0 Å². The number of aliphatic hydroxyl groups excluding tert-OH is 2. The van der Waals surface area contributed by atoms with Crippen LogP contribution in [0.5, 0.6) is 0 Å². The molecule has 352 valence electrons. The van der Waals surface area contributed by atoms with E-state index in [2.05, 4.69) is 26.1 Å². The standard InChI is InChI=1S/C53H105NO5/c1-4-7-10-13-16-19-21-23-25-26-27-28-30-33-35-38-41-44-49(59-53(58)46-43-40-37-32-18-15-12-9-6-3)47-52(57)54-50(48-55)51(56)45-42-39-36-34-31-29-24-22-20-17-14-11-8-5-2/h49-51,55-56H,4-48H2,1-3H3,(H,54,57). The number of hydrogen-bond donors (Lipinski definition) is 3. The molecule has 0 bridgehead atoms. The molecular formula is C53H105NO5. The van der Waals surface area contributed by atoms with Crippen molar-refractivity contribution >= 4 is 11.9 Å². The number of carbonyl (C=O) groups excluding carboxylic acids is 2. The zero-order valence-electron chi connectivity index (χ0n) is 40.2. The maximum Gasteiger partial charge on any atom is 0.306 e. The van der Waals surface area contributed by atoms with Crippen molar-refractivity contribution in [2.75, 3.05) is 6.61 Å². The number of unbranched alkanes of at least 4 members (excludes halogenated alkanes) is 37. The zero-order chi connectivity index (χ0) is 43.1. The average molecular weight is 836 g/mol. The minimum atomic E-state index is -0.779. The Balaban J connectivity index is 4.45. The highest BCUT2D eigenvalue weighted by atomic mass is 16.5. The Labute approximate surface area is 368 Å². The van der Waals surface area contributed by atoms with Gasteiger partial charge in [-0.3, -0.25) is 9.59 Å². The molecule has 59 heavy (non-hydrogen) atoms. The van der Waals surface area contributed by atoms with Crippen LogP contribution < -0.4 is 5.32 Å². The van der Waals surface area contributed by atoms with Crippen LogP contribution in [0.15, 0.2) is 0 Å². The highest BCUT2D eigenvalue weighted by molar-refractivity contribution is 5.77. The third-order valence-corrected chi connectivity index (χ3v) is 12.7. The Morgan fingerprint density at radius 1 is 0.424 bits per heavy atom. The van der Waals surface area contributed by atoms with Crippen LogP contribution in [0, 0.1) is 0 Å². The summed E-state index contributed by atoms with van der Waals surface area (Å²) < 4.78 is 5.93. The summed E-state index contributed by atoms with van der Waals surface area (Å²) in [5, 5.41) is 23.8. The van der Waals surface area contributed by atoms with Gasteiger partial charge in [0.05, 0.1) is 25.2 Å². The number of hydrogen-bond acceptors (Lipinski definition) is 5. The van der Waals surface area contributed by atoms with E-state index in [-0.39, 0.29) is 24.9 Å². The molecule has 3 atom stereocenters. The lowest BCUT2D eigenvalue weighted by Crippen LogP contribution is -2.46. The van der Waals surface area contributed by atoms with E-state index >= 15 is 0 Å². The zero-order valence-corrected chi connectivity index (χ0v) is 40.2. The molecule has 0 aromatic rings. The van der Waals surface area contributed by atoms with Gasteiger partial charge in [-0.2, -0.15) is 0 Å². The van der Waals surface area contributed by atoms with Crippen LogP contribution in [0.4, 0.5) is 0 Å². The summed E-state index contributed by atoms with van der Waals surface area (Å²) in [6.45, 7) is 6.50. The Morgan fingerprint density at radius 2 is 0.712 bits per heavy atom. The predicted octanol–water partition coefficient (Wildman–Crippen LogP) is 16.0. The second kappa shape index (κ2) is 47.9. The second-order valence-electron chi connectivity index (χ2n) is 18.6. The summed E-state index contributed by atoms with van der Waals surface area (Å²) in [6.07, 6.45) is 51.7. The maximum atomic E-state index is 13.2. The fourth-order valence-corrected chi connectivity index (χ4v) is 8.61. The molecule has 0 aromatic carbocycles. The molecule has 0 saturated heterocycles. The van der Waals surface area contributed by atoms with Crippen LogP contribution in [0.25, 0.3) is 0 Å². The topological polar surface area (TPSA) is 95.9 Å². The molecule has 0 fully saturated rings. The molecule has 0 rings (SSSR count).